The number of benzene rings is 1. The lowest BCUT2D eigenvalue weighted by molar-refractivity contribution is 0.623. The molecule has 1 aromatic rings. The van der Waals surface area contributed by atoms with Crippen molar-refractivity contribution in [3.63, 3.8) is 0 Å². The average molecular weight is 177 g/mol. The Labute approximate surface area is 78.0 Å². The van der Waals surface area contributed by atoms with Crippen molar-refractivity contribution in [2.45, 2.75) is 13.0 Å². The van der Waals surface area contributed by atoms with Crippen LogP contribution < -0.4 is 5.32 Å². The van der Waals surface area contributed by atoms with E-state index < -0.39 is 0 Å². The van der Waals surface area contributed by atoms with E-state index in [1.54, 1.807) is 13.1 Å². The molecule has 0 heterocycles. The van der Waals surface area contributed by atoms with E-state index in [0.717, 1.165) is 11.1 Å². The first kappa shape index (κ1) is 9.76. The Morgan fingerprint density at radius 1 is 1.54 bits per heavy atom. The zero-order chi connectivity index (χ0) is 9.84. The van der Waals surface area contributed by atoms with Gasteiger partial charge in [0.1, 0.15) is 5.82 Å². The maximum atomic E-state index is 12.7. The maximum absolute atomic E-state index is 12.7. The third-order valence-corrected chi connectivity index (χ3v) is 2.00. The van der Waals surface area contributed by atoms with Gasteiger partial charge in [0, 0.05) is 0 Å². The van der Waals surface area contributed by atoms with E-state index in [4.69, 9.17) is 6.42 Å². The third-order valence-electron chi connectivity index (χ3n) is 2.00. The van der Waals surface area contributed by atoms with Crippen LogP contribution >= 0.6 is 0 Å². The van der Waals surface area contributed by atoms with Crippen LogP contribution in [0.15, 0.2) is 18.2 Å². The van der Waals surface area contributed by atoms with Gasteiger partial charge in [-0.3, -0.25) is 0 Å². The number of nitrogens with one attached hydrogen (secondary N) is 1. The molecular weight excluding hydrogens is 165 g/mol. The highest BCUT2D eigenvalue weighted by Gasteiger charge is 2.08. The molecule has 1 aromatic carbocycles. The van der Waals surface area contributed by atoms with Crippen molar-refractivity contribution < 1.29 is 4.39 Å². The fourth-order valence-corrected chi connectivity index (χ4v) is 1.29. The predicted octanol–water partition coefficient (Wildman–Crippen LogP) is 2.03. The molecule has 0 aliphatic rings. The summed E-state index contributed by atoms with van der Waals surface area (Å²) in [5, 5.41) is 2.97. The Morgan fingerprint density at radius 3 is 2.69 bits per heavy atom. The van der Waals surface area contributed by atoms with Gasteiger partial charge in [0.25, 0.3) is 0 Å². The van der Waals surface area contributed by atoms with E-state index in [2.05, 4.69) is 11.2 Å². The lowest BCUT2D eigenvalue weighted by atomic mass is 10.0. The smallest absolute Gasteiger partial charge is 0.123 e. The van der Waals surface area contributed by atoms with Crippen LogP contribution in [-0.4, -0.2) is 7.05 Å². The first-order chi connectivity index (χ1) is 6.19. The first-order valence-corrected chi connectivity index (χ1v) is 4.08. The summed E-state index contributed by atoms with van der Waals surface area (Å²) in [6.07, 6.45) is 5.32. The van der Waals surface area contributed by atoms with Gasteiger partial charge in [-0.1, -0.05) is 12.0 Å². The van der Waals surface area contributed by atoms with Crippen LogP contribution in [0.3, 0.4) is 0 Å². The van der Waals surface area contributed by atoms with E-state index >= 15 is 0 Å². The Bertz CT molecular complexity index is 338. The number of rotatable bonds is 2. The standard InChI is InChI=1S/C11H12FN/c1-4-11(13-3)10-6-5-9(12)7-8(10)2/h1,5-7,11,13H,2-3H3. The molecule has 0 aliphatic heterocycles. The van der Waals surface area contributed by atoms with E-state index in [1.807, 2.05) is 6.92 Å². The summed E-state index contributed by atoms with van der Waals surface area (Å²) < 4.78 is 12.7. The van der Waals surface area contributed by atoms with Crippen molar-refractivity contribution in [2.75, 3.05) is 7.05 Å². The van der Waals surface area contributed by atoms with Crippen molar-refractivity contribution in [1.29, 1.82) is 0 Å². The third kappa shape index (κ3) is 2.07. The molecule has 0 bridgehead atoms. The lowest BCUT2D eigenvalue weighted by Gasteiger charge is -2.12. The second-order valence-electron chi connectivity index (χ2n) is 2.89. The van der Waals surface area contributed by atoms with E-state index in [1.165, 1.54) is 12.1 Å². The van der Waals surface area contributed by atoms with Gasteiger partial charge in [0.15, 0.2) is 0 Å². The van der Waals surface area contributed by atoms with E-state index in [0.29, 0.717) is 0 Å². The minimum absolute atomic E-state index is 0.138. The normalized spacial score (nSPS) is 12.2. The van der Waals surface area contributed by atoms with Crippen LogP contribution in [0.4, 0.5) is 4.39 Å². The van der Waals surface area contributed by atoms with Gasteiger partial charge in [-0.25, -0.2) is 4.39 Å². The molecule has 0 saturated carbocycles. The minimum Gasteiger partial charge on any atom is -0.303 e. The van der Waals surface area contributed by atoms with Crippen molar-refractivity contribution in [3.8, 4) is 12.3 Å². The lowest BCUT2D eigenvalue weighted by Crippen LogP contribution is -2.15. The molecule has 68 valence electrons. The number of halogens is 1. The molecule has 13 heavy (non-hydrogen) atoms. The molecule has 1 nitrogen and oxygen atoms in total. The van der Waals surface area contributed by atoms with Crippen LogP contribution in [-0.2, 0) is 0 Å². The molecule has 0 spiro atoms. The molecule has 0 aliphatic carbocycles. The molecule has 2 heteroatoms. The summed E-state index contributed by atoms with van der Waals surface area (Å²) in [5.74, 6) is 2.37. The minimum atomic E-state index is -0.229. The van der Waals surface area contributed by atoms with Gasteiger partial charge in [0.05, 0.1) is 6.04 Å². The first-order valence-electron chi connectivity index (χ1n) is 4.08. The van der Waals surface area contributed by atoms with Gasteiger partial charge in [-0.05, 0) is 37.2 Å². The van der Waals surface area contributed by atoms with Gasteiger partial charge < -0.3 is 5.32 Å². The largest absolute Gasteiger partial charge is 0.303 e. The summed E-state index contributed by atoms with van der Waals surface area (Å²) in [6, 6.07) is 4.48. The van der Waals surface area contributed by atoms with Crippen molar-refractivity contribution in [2.24, 2.45) is 0 Å². The van der Waals surface area contributed by atoms with Crippen LogP contribution in [0.25, 0.3) is 0 Å². The van der Waals surface area contributed by atoms with Crippen LogP contribution in [0.2, 0.25) is 0 Å². The fraction of sp³-hybridized carbons (Fsp3) is 0.273. The number of aryl methyl sites for hydroxylation is 1. The van der Waals surface area contributed by atoms with Crippen LogP contribution in [0.1, 0.15) is 17.2 Å². The van der Waals surface area contributed by atoms with Crippen LogP contribution in [0, 0.1) is 25.1 Å². The molecule has 0 fully saturated rings. The summed E-state index contributed by atoms with van der Waals surface area (Å²) >= 11 is 0. The highest BCUT2D eigenvalue weighted by atomic mass is 19.1. The summed E-state index contributed by atoms with van der Waals surface area (Å²) in [6.45, 7) is 1.85. The molecule has 0 saturated heterocycles. The number of hydrogen-bond acceptors (Lipinski definition) is 1. The molecule has 1 N–H and O–H groups in total. The molecular formula is C11H12FN. The number of terminal acetylenes is 1. The van der Waals surface area contributed by atoms with E-state index in [9.17, 15) is 4.39 Å². The average Bonchev–Trinajstić information content (AvgIpc) is 2.10. The Kier molecular flexibility index (Phi) is 3.05. The Balaban J connectivity index is 3.09. The van der Waals surface area contributed by atoms with Gasteiger partial charge in [-0.2, -0.15) is 0 Å². The molecule has 0 radical (unpaired) electrons. The highest BCUT2D eigenvalue weighted by molar-refractivity contribution is 5.33. The van der Waals surface area contributed by atoms with Crippen molar-refractivity contribution in [3.05, 3.63) is 35.1 Å². The maximum Gasteiger partial charge on any atom is 0.123 e. The molecule has 1 rings (SSSR count). The predicted molar refractivity (Wildman–Crippen MR) is 51.8 cm³/mol. The van der Waals surface area contributed by atoms with Crippen LogP contribution in [0.5, 0.6) is 0 Å². The Hall–Kier alpha value is -1.33. The SMILES string of the molecule is C#CC(NC)c1ccc(F)cc1C. The number of hydrogen-bond donors (Lipinski definition) is 1. The molecule has 0 aromatic heterocycles. The van der Waals surface area contributed by atoms with E-state index in [-0.39, 0.29) is 11.9 Å². The summed E-state index contributed by atoms with van der Waals surface area (Å²) in [7, 11) is 1.79. The Morgan fingerprint density at radius 2 is 2.23 bits per heavy atom. The monoisotopic (exact) mass is 177 g/mol. The fourth-order valence-electron chi connectivity index (χ4n) is 1.29. The second-order valence-corrected chi connectivity index (χ2v) is 2.89. The highest BCUT2D eigenvalue weighted by Crippen LogP contribution is 2.17. The zero-order valence-electron chi connectivity index (χ0n) is 7.76. The zero-order valence-corrected chi connectivity index (χ0v) is 7.76. The molecule has 0 amide bonds. The molecule has 1 unspecified atom stereocenters. The van der Waals surface area contributed by atoms with Crippen molar-refractivity contribution in [1.82, 2.24) is 5.32 Å². The molecule has 1 atom stereocenters. The van der Waals surface area contributed by atoms with Crippen molar-refractivity contribution >= 4 is 0 Å². The second kappa shape index (κ2) is 4.06. The summed E-state index contributed by atoms with van der Waals surface area (Å²) in [4.78, 5) is 0. The van der Waals surface area contributed by atoms with Gasteiger partial charge in [0.2, 0.25) is 0 Å². The topological polar surface area (TPSA) is 12.0 Å². The quantitative estimate of drug-likeness (QED) is 0.681. The van der Waals surface area contributed by atoms with Gasteiger partial charge in [-0.15, -0.1) is 6.42 Å². The van der Waals surface area contributed by atoms with Gasteiger partial charge >= 0.3 is 0 Å². The summed E-state index contributed by atoms with van der Waals surface area (Å²) in [5.41, 5.74) is 1.82.